The van der Waals surface area contributed by atoms with Crippen LogP contribution in [0.1, 0.15) is 48.2 Å². The second kappa shape index (κ2) is 9.49. The van der Waals surface area contributed by atoms with Crippen molar-refractivity contribution in [1.82, 2.24) is 4.98 Å². The van der Waals surface area contributed by atoms with Gasteiger partial charge in [0.2, 0.25) is 5.91 Å². The Bertz CT molecular complexity index is 672. The van der Waals surface area contributed by atoms with Crippen LogP contribution in [0.15, 0.2) is 24.3 Å². The van der Waals surface area contributed by atoms with Crippen LogP contribution >= 0.6 is 11.3 Å². The van der Waals surface area contributed by atoms with Crippen LogP contribution in [0.25, 0.3) is 0 Å². The molecule has 130 valence electrons. The van der Waals surface area contributed by atoms with E-state index in [0.717, 1.165) is 36.3 Å². The minimum atomic E-state index is -0.214. The first kappa shape index (κ1) is 18.5. The Balaban J connectivity index is 1.87. The molecular weight excluding hydrogens is 325 g/mol. The summed E-state index contributed by atoms with van der Waals surface area (Å²) in [5.74, 6) is -0.234. The molecule has 0 aliphatic heterocycles. The lowest BCUT2D eigenvalue weighted by molar-refractivity contribution is -0.116. The van der Waals surface area contributed by atoms with Crippen LogP contribution in [0.4, 0.5) is 9.52 Å². The van der Waals surface area contributed by atoms with Crippen LogP contribution in [0.3, 0.4) is 0 Å². The third-order valence-corrected chi connectivity index (χ3v) is 4.88. The molecule has 1 heterocycles. The lowest BCUT2D eigenvalue weighted by Gasteiger charge is -2.02. The van der Waals surface area contributed by atoms with Gasteiger partial charge in [-0.2, -0.15) is 0 Å². The standard InChI is InChI=1S/C18H24FN3OS/c1-13-16(12-14-8-5-6-9-15(14)19)24-18(21-13)22-17(23)10-4-2-3-7-11-20/h5-6,8-9H,2-4,7,10-12,20H2,1H3,(H,21,22,23). The maximum Gasteiger partial charge on any atom is 0.226 e. The average molecular weight is 349 g/mol. The molecule has 24 heavy (non-hydrogen) atoms. The summed E-state index contributed by atoms with van der Waals surface area (Å²) in [5.41, 5.74) is 6.92. The third kappa shape index (κ3) is 5.69. The molecule has 1 amide bonds. The molecule has 6 heteroatoms. The summed E-state index contributed by atoms with van der Waals surface area (Å²) in [6.45, 7) is 2.59. The fraction of sp³-hybridized carbons (Fsp3) is 0.444. The maximum atomic E-state index is 13.8. The summed E-state index contributed by atoms with van der Waals surface area (Å²) in [6, 6.07) is 6.73. The van der Waals surface area contributed by atoms with Gasteiger partial charge in [0.15, 0.2) is 5.13 Å². The number of aromatic nitrogens is 1. The number of unbranched alkanes of at least 4 members (excludes halogenated alkanes) is 3. The first-order valence-corrected chi connectivity index (χ1v) is 9.11. The van der Waals surface area contributed by atoms with Crippen LogP contribution < -0.4 is 11.1 Å². The number of hydrogen-bond acceptors (Lipinski definition) is 4. The summed E-state index contributed by atoms with van der Waals surface area (Å²) in [7, 11) is 0. The minimum absolute atomic E-state index is 0.0195. The van der Waals surface area contributed by atoms with E-state index in [4.69, 9.17) is 5.73 Å². The molecule has 0 unspecified atom stereocenters. The van der Waals surface area contributed by atoms with Crippen molar-refractivity contribution in [2.24, 2.45) is 5.73 Å². The Morgan fingerprint density at radius 1 is 1.25 bits per heavy atom. The van der Waals surface area contributed by atoms with Gasteiger partial charge in [0, 0.05) is 17.7 Å². The average Bonchev–Trinajstić information content (AvgIpc) is 2.89. The van der Waals surface area contributed by atoms with Crippen LogP contribution in [-0.4, -0.2) is 17.4 Å². The van der Waals surface area contributed by atoms with Gasteiger partial charge < -0.3 is 11.1 Å². The first-order valence-electron chi connectivity index (χ1n) is 8.29. The Labute approximate surface area is 146 Å². The molecule has 0 atom stereocenters. The topological polar surface area (TPSA) is 68.0 Å². The van der Waals surface area contributed by atoms with E-state index in [1.807, 2.05) is 13.0 Å². The number of nitrogens with two attached hydrogens (primary N) is 1. The molecule has 3 N–H and O–H groups in total. The van der Waals surface area contributed by atoms with E-state index < -0.39 is 0 Å². The summed E-state index contributed by atoms with van der Waals surface area (Å²) in [6.07, 6.45) is 4.93. The Kier molecular flexibility index (Phi) is 7.34. The molecule has 0 spiro atoms. The fourth-order valence-electron chi connectivity index (χ4n) is 2.43. The summed E-state index contributed by atoms with van der Waals surface area (Å²) < 4.78 is 13.8. The summed E-state index contributed by atoms with van der Waals surface area (Å²) in [5, 5.41) is 3.43. The third-order valence-electron chi connectivity index (χ3n) is 3.81. The molecule has 1 aromatic carbocycles. The quantitative estimate of drug-likeness (QED) is 0.672. The van der Waals surface area contributed by atoms with Crippen molar-refractivity contribution in [3.63, 3.8) is 0 Å². The zero-order valence-electron chi connectivity index (χ0n) is 14.0. The smallest absolute Gasteiger partial charge is 0.226 e. The predicted octanol–water partition coefficient (Wildman–Crippen LogP) is 4.03. The van der Waals surface area contributed by atoms with Gasteiger partial charge in [-0.3, -0.25) is 4.79 Å². The second-order valence-corrected chi connectivity index (χ2v) is 6.88. The molecule has 0 aliphatic rings. The molecule has 0 bridgehead atoms. The number of nitrogens with zero attached hydrogens (tertiary/aromatic N) is 1. The van der Waals surface area contributed by atoms with Gasteiger partial charge in [0.05, 0.1) is 5.69 Å². The molecular formula is C18H24FN3OS. The number of hydrogen-bond donors (Lipinski definition) is 2. The lowest BCUT2D eigenvalue weighted by Crippen LogP contribution is -2.10. The summed E-state index contributed by atoms with van der Waals surface area (Å²) in [4.78, 5) is 17.3. The van der Waals surface area contributed by atoms with E-state index in [1.54, 1.807) is 12.1 Å². The second-order valence-electron chi connectivity index (χ2n) is 5.80. The highest BCUT2D eigenvalue weighted by Gasteiger charge is 2.12. The van der Waals surface area contributed by atoms with E-state index in [-0.39, 0.29) is 11.7 Å². The van der Waals surface area contributed by atoms with Crippen molar-refractivity contribution < 1.29 is 9.18 Å². The number of halogens is 1. The molecule has 0 fully saturated rings. The van der Waals surface area contributed by atoms with E-state index in [2.05, 4.69) is 10.3 Å². The highest BCUT2D eigenvalue weighted by molar-refractivity contribution is 7.15. The normalized spacial score (nSPS) is 10.8. The van der Waals surface area contributed by atoms with E-state index in [9.17, 15) is 9.18 Å². The molecule has 4 nitrogen and oxygen atoms in total. The van der Waals surface area contributed by atoms with Gasteiger partial charge in [-0.25, -0.2) is 9.37 Å². The molecule has 2 rings (SSSR count). The molecule has 0 saturated heterocycles. The van der Waals surface area contributed by atoms with Gasteiger partial charge in [0.1, 0.15) is 5.82 Å². The van der Waals surface area contributed by atoms with Crippen molar-refractivity contribution in [2.75, 3.05) is 11.9 Å². The zero-order valence-corrected chi connectivity index (χ0v) is 14.8. The monoisotopic (exact) mass is 349 g/mol. The molecule has 0 radical (unpaired) electrons. The van der Waals surface area contributed by atoms with Crippen molar-refractivity contribution >= 4 is 22.4 Å². The SMILES string of the molecule is Cc1nc(NC(=O)CCCCCCN)sc1Cc1ccccc1F. The highest BCUT2D eigenvalue weighted by atomic mass is 32.1. The van der Waals surface area contributed by atoms with Crippen LogP contribution in [0, 0.1) is 12.7 Å². The number of thiazole rings is 1. The van der Waals surface area contributed by atoms with Gasteiger partial charge in [-0.05, 0) is 37.9 Å². The number of carbonyl (C=O) groups excluding carboxylic acids is 1. The molecule has 0 saturated carbocycles. The van der Waals surface area contributed by atoms with E-state index in [0.29, 0.717) is 30.1 Å². The van der Waals surface area contributed by atoms with Gasteiger partial charge in [0.25, 0.3) is 0 Å². The summed E-state index contributed by atoms with van der Waals surface area (Å²) >= 11 is 1.41. The Morgan fingerprint density at radius 2 is 2.00 bits per heavy atom. The number of aryl methyl sites for hydroxylation is 1. The zero-order chi connectivity index (χ0) is 17.4. The minimum Gasteiger partial charge on any atom is -0.330 e. The van der Waals surface area contributed by atoms with Gasteiger partial charge in [-0.15, -0.1) is 11.3 Å². The lowest BCUT2D eigenvalue weighted by atomic mass is 10.1. The maximum absolute atomic E-state index is 13.8. The number of amides is 1. The van der Waals surface area contributed by atoms with Crippen molar-refractivity contribution in [1.29, 1.82) is 0 Å². The van der Waals surface area contributed by atoms with Gasteiger partial charge in [-0.1, -0.05) is 31.0 Å². The first-order chi connectivity index (χ1) is 11.6. The van der Waals surface area contributed by atoms with Crippen LogP contribution in [0.2, 0.25) is 0 Å². The van der Waals surface area contributed by atoms with Gasteiger partial charge >= 0.3 is 0 Å². The van der Waals surface area contributed by atoms with E-state index in [1.165, 1.54) is 17.4 Å². The number of nitrogens with one attached hydrogen (secondary N) is 1. The van der Waals surface area contributed by atoms with Crippen molar-refractivity contribution in [3.05, 3.63) is 46.2 Å². The van der Waals surface area contributed by atoms with Crippen LogP contribution in [0.5, 0.6) is 0 Å². The number of anilines is 1. The predicted molar refractivity (Wildman–Crippen MR) is 96.8 cm³/mol. The highest BCUT2D eigenvalue weighted by Crippen LogP contribution is 2.26. The number of carbonyl (C=O) groups is 1. The molecule has 2 aromatic rings. The Hall–Kier alpha value is -1.79. The number of rotatable bonds is 9. The van der Waals surface area contributed by atoms with E-state index >= 15 is 0 Å². The van der Waals surface area contributed by atoms with Crippen molar-refractivity contribution in [2.45, 2.75) is 45.4 Å². The molecule has 1 aromatic heterocycles. The largest absolute Gasteiger partial charge is 0.330 e. The van der Waals surface area contributed by atoms with Crippen molar-refractivity contribution in [3.8, 4) is 0 Å². The number of benzene rings is 1. The molecule has 0 aliphatic carbocycles. The van der Waals surface area contributed by atoms with Crippen LogP contribution in [-0.2, 0) is 11.2 Å². The Morgan fingerprint density at radius 3 is 2.75 bits per heavy atom. The fourth-order valence-corrected chi connectivity index (χ4v) is 3.43.